The molecule has 13 heavy (non-hydrogen) atoms. The minimum absolute atomic E-state index is 0.0690. The average Bonchev–Trinajstić information content (AvgIpc) is 2.10. The zero-order valence-electron chi connectivity index (χ0n) is 7.19. The fourth-order valence-electron chi connectivity index (χ4n) is 1.57. The van der Waals surface area contributed by atoms with Crippen molar-refractivity contribution in [2.45, 2.75) is 38.0 Å². The summed E-state index contributed by atoms with van der Waals surface area (Å²) in [6, 6.07) is 3.89. The maximum absolute atomic E-state index is 12.7. The van der Waals surface area contributed by atoms with E-state index in [1.165, 1.54) is 0 Å². The van der Waals surface area contributed by atoms with Gasteiger partial charge in [0.05, 0.1) is 24.0 Å². The molecule has 0 bridgehead atoms. The Morgan fingerprint density at radius 1 is 1.08 bits per heavy atom. The van der Waals surface area contributed by atoms with Gasteiger partial charge in [0.2, 0.25) is 5.92 Å². The zero-order valence-corrected chi connectivity index (χ0v) is 7.19. The van der Waals surface area contributed by atoms with Crippen molar-refractivity contribution in [2.24, 2.45) is 5.41 Å². The Hall–Kier alpha value is -1.16. The molecule has 0 atom stereocenters. The summed E-state index contributed by atoms with van der Waals surface area (Å²) in [4.78, 5) is 0. The van der Waals surface area contributed by atoms with E-state index in [9.17, 15) is 8.78 Å². The van der Waals surface area contributed by atoms with E-state index in [4.69, 9.17) is 10.5 Å². The molecule has 0 radical (unpaired) electrons. The number of hydrogen-bond acceptors (Lipinski definition) is 2. The Bertz CT molecular complexity index is 262. The Labute approximate surface area is 75.8 Å². The third-order valence-electron chi connectivity index (χ3n) is 2.59. The average molecular weight is 184 g/mol. The maximum atomic E-state index is 12.7. The van der Waals surface area contributed by atoms with Crippen molar-refractivity contribution in [3.05, 3.63) is 0 Å². The fourth-order valence-corrected chi connectivity index (χ4v) is 1.57. The fraction of sp³-hybridized carbons (Fsp3) is 0.778. The van der Waals surface area contributed by atoms with Crippen molar-refractivity contribution in [3.8, 4) is 12.1 Å². The highest BCUT2D eigenvalue weighted by Gasteiger charge is 2.43. The van der Waals surface area contributed by atoms with Crippen LogP contribution in [-0.2, 0) is 0 Å². The van der Waals surface area contributed by atoms with Crippen molar-refractivity contribution in [1.29, 1.82) is 10.5 Å². The summed E-state index contributed by atoms with van der Waals surface area (Å²) >= 11 is 0. The van der Waals surface area contributed by atoms with Crippen LogP contribution in [0.3, 0.4) is 0 Å². The van der Waals surface area contributed by atoms with Crippen LogP contribution in [0, 0.1) is 28.1 Å². The zero-order chi connectivity index (χ0) is 9.95. The van der Waals surface area contributed by atoms with E-state index in [0.29, 0.717) is 0 Å². The molecule has 4 heteroatoms. The van der Waals surface area contributed by atoms with Gasteiger partial charge in [-0.25, -0.2) is 8.78 Å². The summed E-state index contributed by atoms with van der Waals surface area (Å²) in [5.41, 5.74) is -0.809. The van der Waals surface area contributed by atoms with Gasteiger partial charge in [0.1, 0.15) is 0 Å². The highest BCUT2D eigenvalue weighted by molar-refractivity contribution is 5.06. The maximum Gasteiger partial charge on any atom is 0.248 e. The molecule has 0 amide bonds. The molecule has 1 rings (SSSR count). The van der Waals surface area contributed by atoms with Gasteiger partial charge in [-0.15, -0.1) is 0 Å². The van der Waals surface area contributed by atoms with Gasteiger partial charge in [0, 0.05) is 12.8 Å². The first-order chi connectivity index (χ1) is 6.04. The molecule has 1 fully saturated rings. The molecule has 0 unspecified atom stereocenters. The third kappa shape index (κ3) is 2.15. The van der Waals surface area contributed by atoms with Crippen molar-refractivity contribution in [3.63, 3.8) is 0 Å². The smallest absolute Gasteiger partial charge is 0.207 e. The van der Waals surface area contributed by atoms with Gasteiger partial charge in [-0.1, -0.05) is 0 Å². The van der Waals surface area contributed by atoms with E-state index in [2.05, 4.69) is 0 Å². The Morgan fingerprint density at radius 3 is 2.00 bits per heavy atom. The summed E-state index contributed by atoms with van der Waals surface area (Å²) in [6.07, 6.45) is -0.168. The van der Waals surface area contributed by atoms with Crippen LogP contribution in [0.1, 0.15) is 32.1 Å². The second-order valence-corrected chi connectivity index (χ2v) is 3.58. The van der Waals surface area contributed by atoms with Gasteiger partial charge < -0.3 is 0 Å². The molecule has 0 aromatic heterocycles. The molecule has 0 spiro atoms. The number of nitriles is 2. The minimum Gasteiger partial charge on any atom is -0.207 e. The topological polar surface area (TPSA) is 47.6 Å². The molecular formula is C9H10F2N2. The van der Waals surface area contributed by atoms with Crippen LogP contribution in [0.25, 0.3) is 0 Å². The van der Waals surface area contributed by atoms with Gasteiger partial charge in [0.15, 0.2) is 0 Å². The number of alkyl halides is 2. The van der Waals surface area contributed by atoms with E-state index in [-0.39, 0.29) is 32.1 Å². The number of halogens is 2. The summed E-state index contributed by atoms with van der Waals surface area (Å²) in [5, 5.41) is 17.3. The van der Waals surface area contributed by atoms with Crippen LogP contribution in [0.4, 0.5) is 8.78 Å². The normalized spacial score (nSPS) is 24.3. The molecule has 1 saturated carbocycles. The van der Waals surface area contributed by atoms with Crippen molar-refractivity contribution in [2.75, 3.05) is 0 Å². The van der Waals surface area contributed by atoms with Gasteiger partial charge in [-0.05, 0) is 12.8 Å². The van der Waals surface area contributed by atoms with Gasteiger partial charge in [-0.3, -0.25) is 0 Å². The first kappa shape index (κ1) is 9.92. The lowest BCUT2D eigenvalue weighted by molar-refractivity contribution is -0.0556. The van der Waals surface area contributed by atoms with E-state index in [1.807, 2.05) is 12.1 Å². The number of nitrogens with zero attached hydrogens (tertiary/aromatic N) is 2. The minimum atomic E-state index is -2.63. The third-order valence-corrected chi connectivity index (χ3v) is 2.59. The Kier molecular flexibility index (Phi) is 2.52. The van der Waals surface area contributed by atoms with E-state index < -0.39 is 11.3 Å². The Balaban J connectivity index is 2.66. The van der Waals surface area contributed by atoms with Crippen LogP contribution >= 0.6 is 0 Å². The molecular weight excluding hydrogens is 174 g/mol. The van der Waals surface area contributed by atoms with Crippen LogP contribution in [0.2, 0.25) is 0 Å². The molecule has 0 aliphatic heterocycles. The second kappa shape index (κ2) is 3.30. The Morgan fingerprint density at radius 2 is 1.62 bits per heavy atom. The lowest BCUT2D eigenvalue weighted by Crippen LogP contribution is -2.32. The van der Waals surface area contributed by atoms with Crippen molar-refractivity contribution in [1.82, 2.24) is 0 Å². The first-order valence-corrected chi connectivity index (χ1v) is 4.20. The number of hydrogen-bond donors (Lipinski definition) is 0. The highest BCUT2D eigenvalue weighted by Crippen LogP contribution is 2.44. The molecule has 1 aliphatic carbocycles. The largest absolute Gasteiger partial charge is 0.248 e. The van der Waals surface area contributed by atoms with Crippen LogP contribution in [-0.4, -0.2) is 5.92 Å². The van der Waals surface area contributed by atoms with Crippen LogP contribution in [0.15, 0.2) is 0 Å². The quantitative estimate of drug-likeness (QED) is 0.628. The number of rotatable bonds is 1. The molecule has 0 aromatic carbocycles. The SMILES string of the molecule is N#CCC1(C#N)CCC(F)(F)CC1. The van der Waals surface area contributed by atoms with Gasteiger partial charge in [-0.2, -0.15) is 10.5 Å². The summed E-state index contributed by atoms with van der Waals surface area (Å²) in [5.74, 6) is -2.63. The second-order valence-electron chi connectivity index (χ2n) is 3.58. The summed E-state index contributed by atoms with van der Waals surface area (Å²) in [6.45, 7) is 0. The van der Waals surface area contributed by atoms with E-state index in [1.54, 1.807) is 0 Å². The molecule has 2 nitrogen and oxygen atoms in total. The predicted octanol–water partition coefficient (Wildman–Crippen LogP) is 2.62. The van der Waals surface area contributed by atoms with E-state index in [0.717, 1.165) is 0 Å². The lowest BCUT2D eigenvalue weighted by atomic mass is 9.72. The molecule has 0 saturated heterocycles. The van der Waals surface area contributed by atoms with Crippen molar-refractivity contribution >= 4 is 0 Å². The highest BCUT2D eigenvalue weighted by atomic mass is 19.3. The van der Waals surface area contributed by atoms with Crippen LogP contribution < -0.4 is 0 Å². The molecule has 0 N–H and O–H groups in total. The first-order valence-electron chi connectivity index (χ1n) is 4.20. The molecule has 0 heterocycles. The molecule has 1 aliphatic rings. The standard InChI is InChI=1S/C9H10F2N2/c10-9(11)3-1-8(7-13,2-4-9)5-6-12/h1-5H2. The summed E-state index contributed by atoms with van der Waals surface area (Å²) in [7, 11) is 0. The van der Waals surface area contributed by atoms with Crippen molar-refractivity contribution < 1.29 is 8.78 Å². The lowest BCUT2D eigenvalue weighted by Gasteiger charge is -2.32. The monoisotopic (exact) mass is 184 g/mol. The molecule has 0 aromatic rings. The van der Waals surface area contributed by atoms with Gasteiger partial charge in [0.25, 0.3) is 0 Å². The predicted molar refractivity (Wildman–Crippen MR) is 41.7 cm³/mol. The van der Waals surface area contributed by atoms with Crippen LogP contribution in [0.5, 0.6) is 0 Å². The van der Waals surface area contributed by atoms with Gasteiger partial charge >= 0.3 is 0 Å². The van der Waals surface area contributed by atoms with E-state index >= 15 is 0 Å². The summed E-state index contributed by atoms with van der Waals surface area (Å²) < 4.78 is 25.5. The molecule has 70 valence electrons.